The van der Waals surface area contributed by atoms with Gasteiger partial charge in [-0.1, -0.05) is 34.8 Å². The fourth-order valence-electron chi connectivity index (χ4n) is 1.91. The number of nitrogens with zero attached hydrogens (tertiary/aromatic N) is 3. The van der Waals surface area contributed by atoms with E-state index in [0.717, 1.165) is 11.0 Å². The molecule has 1 aromatic rings. The molecule has 1 aromatic heterocycles. The predicted molar refractivity (Wildman–Crippen MR) is 78.5 cm³/mol. The summed E-state index contributed by atoms with van der Waals surface area (Å²) >= 11 is 16.0. The Kier molecular flexibility index (Phi) is 5.12. The molecule has 1 amide bonds. The van der Waals surface area contributed by atoms with Gasteiger partial charge in [0.25, 0.3) is 9.03 Å². The van der Waals surface area contributed by atoms with Crippen LogP contribution in [0.3, 0.4) is 0 Å². The first-order valence-corrected chi connectivity index (χ1v) is 8.74. The Labute approximate surface area is 145 Å². The van der Waals surface area contributed by atoms with Gasteiger partial charge in [0.05, 0.1) is 5.75 Å². The monoisotopic (exact) mass is 408 g/mol. The van der Waals surface area contributed by atoms with Crippen LogP contribution in [0.2, 0.25) is 0 Å². The van der Waals surface area contributed by atoms with E-state index in [4.69, 9.17) is 45.3 Å². The van der Waals surface area contributed by atoms with Gasteiger partial charge in [0.15, 0.2) is 6.23 Å². The van der Waals surface area contributed by atoms with Crippen molar-refractivity contribution in [2.24, 2.45) is 5.73 Å². The number of carbonyl (C=O) groups excluding carboxylic acids is 1. The van der Waals surface area contributed by atoms with E-state index in [-0.39, 0.29) is 5.82 Å². The Morgan fingerprint density at radius 1 is 1.39 bits per heavy atom. The molecule has 130 valence electrons. The van der Waals surface area contributed by atoms with Gasteiger partial charge in [-0.25, -0.2) is 18.1 Å². The van der Waals surface area contributed by atoms with Gasteiger partial charge in [-0.15, -0.1) is 5.10 Å². The van der Waals surface area contributed by atoms with Gasteiger partial charge < -0.3 is 20.7 Å². The van der Waals surface area contributed by atoms with E-state index >= 15 is 0 Å². The average molecular weight is 410 g/mol. The number of carbonyl (C=O) groups is 1. The van der Waals surface area contributed by atoms with E-state index in [2.05, 4.69) is 10.1 Å². The zero-order valence-corrected chi connectivity index (χ0v) is 14.2. The Hall–Kier alpha value is -0.690. The number of amides is 1. The number of primary amides is 1. The minimum atomic E-state index is -4.27. The van der Waals surface area contributed by atoms with Crippen LogP contribution < -0.4 is 5.73 Å². The number of aliphatic hydroxyl groups is 2. The van der Waals surface area contributed by atoms with Crippen molar-refractivity contribution in [1.82, 2.24) is 14.8 Å². The number of aromatic nitrogens is 3. The average Bonchev–Trinajstić information content (AvgIpc) is 2.98. The third-order valence-corrected chi connectivity index (χ3v) is 6.65. The molecule has 0 radical (unpaired) electrons. The third kappa shape index (κ3) is 3.71. The molecule has 10 nitrogen and oxygen atoms in total. The smallest absolute Gasteiger partial charge is 0.292 e. The lowest BCUT2D eigenvalue weighted by Crippen LogP contribution is -2.38. The van der Waals surface area contributed by atoms with Crippen molar-refractivity contribution < 1.29 is 28.2 Å². The number of aliphatic hydroxyl groups excluding tert-OH is 2. The van der Waals surface area contributed by atoms with Crippen molar-refractivity contribution in [3.05, 3.63) is 12.2 Å². The van der Waals surface area contributed by atoms with E-state index in [1.807, 2.05) is 0 Å². The van der Waals surface area contributed by atoms with Gasteiger partial charge in [0.1, 0.15) is 24.6 Å². The van der Waals surface area contributed by atoms with E-state index in [9.17, 15) is 23.4 Å². The summed E-state index contributed by atoms with van der Waals surface area (Å²) in [7, 11) is -4.27. The largest absolute Gasteiger partial charge is 0.387 e. The van der Waals surface area contributed by atoms with Crippen molar-refractivity contribution in [1.29, 1.82) is 0 Å². The molecule has 4 atom stereocenters. The summed E-state index contributed by atoms with van der Waals surface area (Å²) in [6.07, 6.45) is -4.78. The number of rotatable bonds is 4. The molecule has 4 N–H and O–H groups in total. The first kappa shape index (κ1) is 18.6. The van der Waals surface area contributed by atoms with Gasteiger partial charge in [0.2, 0.25) is 15.7 Å². The van der Waals surface area contributed by atoms with E-state index < -0.39 is 49.2 Å². The van der Waals surface area contributed by atoms with Crippen LogP contribution in [-0.2, 0) is 14.6 Å². The number of hydrogen-bond donors (Lipinski definition) is 3. The zero-order chi connectivity index (χ0) is 17.6. The molecule has 0 bridgehead atoms. The van der Waals surface area contributed by atoms with Crippen molar-refractivity contribution in [3.63, 3.8) is 0 Å². The minimum Gasteiger partial charge on any atom is -0.387 e. The highest BCUT2D eigenvalue weighted by molar-refractivity contribution is 7.97. The Morgan fingerprint density at radius 3 is 2.48 bits per heavy atom. The summed E-state index contributed by atoms with van der Waals surface area (Å²) in [6, 6.07) is 0. The van der Waals surface area contributed by atoms with Gasteiger partial charge in [-0.3, -0.25) is 4.79 Å². The van der Waals surface area contributed by atoms with Crippen molar-refractivity contribution in [3.8, 4) is 0 Å². The van der Waals surface area contributed by atoms with Gasteiger partial charge in [-0.2, -0.15) is 0 Å². The summed E-state index contributed by atoms with van der Waals surface area (Å²) in [5.74, 6) is -2.10. The fourth-order valence-corrected chi connectivity index (χ4v) is 3.37. The number of sulfone groups is 1. The molecular formula is C9H11Cl3N4O6S. The number of nitrogens with two attached hydrogens (primary N) is 1. The molecule has 1 unspecified atom stereocenters. The van der Waals surface area contributed by atoms with Crippen LogP contribution in [0, 0.1) is 0 Å². The molecular weight excluding hydrogens is 399 g/mol. The molecule has 0 aliphatic carbocycles. The van der Waals surface area contributed by atoms with Crippen LogP contribution in [0.15, 0.2) is 6.33 Å². The normalized spacial score (nSPS) is 28.9. The molecule has 23 heavy (non-hydrogen) atoms. The van der Waals surface area contributed by atoms with E-state index in [1.54, 1.807) is 0 Å². The van der Waals surface area contributed by atoms with Crippen LogP contribution >= 0.6 is 34.8 Å². The Bertz CT molecular complexity index is 704. The van der Waals surface area contributed by atoms with Crippen LogP contribution in [0.4, 0.5) is 0 Å². The summed E-state index contributed by atoms with van der Waals surface area (Å²) in [4.78, 5) is 14.5. The van der Waals surface area contributed by atoms with E-state index in [1.165, 1.54) is 0 Å². The second-order valence-electron chi connectivity index (χ2n) is 4.69. The lowest BCUT2D eigenvalue weighted by Gasteiger charge is -2.18. The topological polar surface area (TPSA) is 158 Å². The molecule has 1 aliphatic rings. The second-order valence-corrected chi connectivity index (χ2v) is 9.81. The highest BCUT2D eigenvalue weighted by Gasteiger charge is 2.49. The van der Waals surface area contributed by atoms with Crippen LogP contribution in [0.1, 0.15) is 16.8 Å². The molecule has 0 saturated carbocycles. The molecule has 0 aromatic carbocycles. The number of hydrogen-bond acceptors (Lipinski definition) is 8. The molecule has 2 heterocycles. The Balaban J connectivity index is 2.19. The maximum atomic E-state index is 11.8. The van der Waals surface area contributed by atoms with Crippen molar-refractivity contribution >= 4 is 50.5 Å². The predicted octanol–water partition coefficient (Wildman–Crippen LogP) is -1.26. The maximum Gasteiger partial charge on any atom is 0.292 e. The minimum absolute atomic E-state index is 0.340. The summed E-state index contributed by atoms with van der Waals surface area (Å²) in [6.45, 7) is 0. The van der Waals surface area contributed by atoms with Crippen molar-refractivity contribution in [2.45, 2.75) is 27.7 Å². The van der Waals surface area contributed by atoms with Crippen molar-refractivity contribution in [2.75, 3.05) is 5.75 Å². The highest BCUT2D eigenvalue weighted by atomic mass is 35.6. The lowest BCUT2D eigenvalue weighted by molar-refractivity contribution is -0.0392. The number of alkyl halides is 3. The molecule has 1 aliphatic heterocycles. The maximum absolute atomic E-state index is 11.8. The SMILES string of the molecule is NC(=O)c1ncn([C@@H]2OC(CS(=O)(=O)C(Cl)(Cl)Cl)[C@@H](O)[C@H]2O)n1. The highest BCUT2D eigenvalue weighted by Crippen LogP contribution is 2.37. The second kappa shape index (κ2) is 6.31. The van der Waals surface area contributed by atoms with Crippen LogP contribution in [-0.4, -0.2) is 66.5 Å². The summed E-state index contributed by atoms with van der Waals surface area (Å²) < 4.78 is 27.2. The van der Waals surface area contributed by atoms with Crippen LogP contribution in [0.5, 0.6) is 0 Å². The standard InChI is InChI=1S/C9H11Cl3N4O6S/c10-9(11,12)23(20,21)1-3-4(17)5(18)8(22-3)16-2-14-7(15-16)6(13)19/h2-5,8,17-18H,1H2,(H2,13,19)/t3?,4-,5-,8-/m1/s1. The summed E-state index contributed by atoms with van der Waals surface area (Å²) in [5.41, 5.74) is 4.99. The first-order valence-electron chi connectivity index (χ1n) is 5.95. The lowest BCUT2D eigenvalue weighted by atomic mass is 10.1. The molecule has 0 spiro atoms. The van der Waals surface area contributed by atoms with Gasteiger partial charge >= 0.3 is 0 Å². The zero-order valence-electron chi connectivity index (χ0n) is 11.1. The fraction of sp³-hybridized carbons (Fsp3) is 0.667. The number of ether oxygens (including phenoxy) is 1. The molecule has 1 fully saturated rings. The number of halogens is 3. The molecule has 2 rings (SSSR count). The summed E-state index contributed by atoms with van der Waals surface area (Å²) in [5, 5.41) is 23.5. The Morgan fingerprint density at radius 2 is 2.00 bits per heavy atom. The van der Waals surface area contributed by atoms with E-state index in [0.29, 0.717) is 0 Å². The first-order chi connectivity index (χ1) is 10.4. The van der Waals surface area contributed by atoms with Gasteiger partial charge in [0, 0.05) is 0 Å². The van der Waals surface area contributed by atoms with Crippen LogP contribution in [0.25, 0.3) is 0 Å². The quantitative estimate of drug-likeness (QED) is 0.520. The molecule has 14 heteroatoms. The molecule has 1 saturated heterocycles. The van der Waals surface area contributed by atoms with Gasteiger partial charge in [-0.05, 0) is 0 Å². The third-order valence-electron chi connectivity index (χ3n) is 3.06.